The van der Waals surface area contributed by atoms with Crippen LogP contribution in [-0.2, 0) is 9.47 Å². The molecular formula is C11H22O2. The number of epoxide rings is 2. The fraction of sp³-hybridized carbons (Fsp3) is 1.00. The predicted molar refractivity (Wildman–Crippen MR) is 53.8 cm³/mol. The summed E-state index contributed by atoms with van der Waals surface area (Å²) in [4.78, 5) is 0. The Hall–Kier alpha value is -0.0800. The molecule has 2 fully saturated rings. The SMILES string of the molecule is CC(C)CC(C)C1CO1.CC1CO1. The molecule has 2 rings (SSSR count). The topological polar surface area (TPSA) is 25.1 Å². The summed E-state index contributed by atoms with van der Waals surface area (Å²) in [5.74, 6) is 1.61. The molecule has 0 aromatic heterocycles. The zero-order valence-corrected chi connectivity index (χ0v) is 9.25. The van der Waals surface area contributed by atoms with Crippen LogP contribution in [0, 0.1) is 11.8 Å². The maximum absolute atomic E-state index is 5.17. The number of hydrogen-bond acceptors (Lipinski definition) is 2. The second-order valence-corrected chi connectivity index (χ2v) is 4.62. The van der Waals surface area contributed by atoms with Crippen LogP contribution < -0.4 is 0 Å². The Bertz CT molecular complexity index is 137. The van der Waals surface area contributed by atoms with Gasteiger partial charge in [0, 0.05) is 0 Å². The van der Waals surface area contributed by atoms with Gasteiger partial charge >= 0.3 is 0 Å². The maximum Gasteiger partial charge on any atom is 0.0835 e. The van der Waals surface area contributed by atoms with Crippen molar-refractivity contribution >= 4 is 0 Å². The molecule has 0 saturated carbocycles. The standard InChI is InChI=1S/C8H16O.C3H6O/c1-6(2)4-7(3)8-5-9-8;1-3-2-4-3/h6-8H,4-5H2,1-3H3;3H,2H2,1H3. The lowest BCUT2D eigenvalue weighted by atomic mass is 9.96. The van der Waals surface area contributed by atoms with E-state index in [1.807, 2.05) is 0 Å². The molecule has 0 amide bonds. The Balaban J connectivity index is 0.000000175. The molecule has 0 N–H and O–H groups in total. The Morgan fingerprint density at radius 1 is 1.15 bits per heavy atom. The van der Waals surface area contributed by atoms with Crippen LogP contribution in [0.5, 0.6) is 0 Å². The first-order valence-corrected chi connectivity index (χ1v) is 5.32. The zero-order valence-electron chi connectivity index (χ0n) is 9.25. The first-order valence-electron chi connectivity index (χ1n) is 5.32. The zero-order chi connectivity index (χ0) is 9.84. The Kier molecular flexibility index (Phi) is 4.20. The normalized spacial score (nSPS) is 32.1. The minimum Gasteiger partial charge on any atom is -0.373 e. The summed E-state index contributed by atoms with van der Waals surface area (Å²) in [6.07, 6.45) is 2.50. The van der Waals surface area contributed by atoms with Gasteiger partial charge in [0.2, 0.25) is 0 Å². The van der Waals surface area contributed by atoms with Crippen molar-refractivity contribution in [2.24, 2.45) is 11.8 Å². The van der Waals surface area contributed by atoms with Gasteiger partial charge in [0.05, 0.1) is 25.4 Å². The van der Waals surface area contributed by atoms with Crippen molar-refractivity contribution < 1.29 is 9.47 Å². The highest BCUT2D eigenvalue weighted by Crippen LogP contribution is 2.25. The minimum absolute atomic E-state index is 0.583. The summed E-state index contributed by atoms with van der Waals surface area (Å²) in [5, 5.41) is 0. The van der Waals surface area contributed by atoms with Crippen molar-refractivity contribution in [3.63, 3.8) is 0 Å². The van der Waals surface area contributed by atoms with Gasteiger partial charge in [-0.15, -0.1) is 0 Å². The van der Waals surface area contributed by atoms with Crippen LogP contribution in [0.3, 0.4) is 0 Å². The van der Waals surface area contributed by atoms with Crippen molar-refractivity contribution in [1.29, 1.82) is 0 Å². The van der Waals surface area contributed by atoms with Crippen molar-refractivity contribution in [1.82, 2.24) is 0 Å². The molecular weight excluding hydrogens is 164 g/mol. The van der Waals surface area contributed by atoms with E-state index in [4.69, 9.17) is 9.47 Å². The fourth-order valence-electron chi connectivity index (χ4n) is 1.38. The Labute approximate surface area is 81.6 Å². The molecule has 2 aliphatic heterocycles. The highest BCUT2D eigenvalue weighted by atomic mass is 16.6. The van der Waals surface area contributed by atoms with Crippen molar-refractivity contribution in [2.75, 3.05) is 13.2 Å². The van der Waals surface area contributed by atoms with Gasteiger partial charge in [-0.3, -0.25) is 0 Å². The molecule has 78 valence electrons. The van der Waals surface area contributed by atoms with Gasteiger partial charge in [-0.05, 0) is 25.2 Å². The Morgan fingerprint density at radius 2 is 1.62 bits per heavy atom. The lowest BCUT2D eigenvalue weighted by Crippen LogP contribution is -2.06. The van der Waals surface area contributed by atoms with E-state index in [0.717, 1.165) is 25.0 Å². The van der Waals surface area contributed by atoms with E-state index in [-0.39, 0.29) is 0 Å². The average molecular weight is 186 g/mol. The van der Waals surface area contributed by atoms with E-state index in [1.54, 1.807) is 0 Å². The van der Waals surface area contributed by atoms with Crippen molar-refractivity contribution in [3.8, 4) is 0 Å². The molecule has 2 heteroatoms. The quantitative estimate of drug-likeness (QED) is 0.633. The largest absolute Gasteiger partial charge is 0.373 e. The second kappa shape index (κ2) is 4.97. The third-order valence-corrected chi connectivity index (χ3v) is 2.34. The number of hydrogen-bond donors (Lipinski definition) is 0. The summed E-state index contributed by atoms with van der Waals surface area (Å²) in [6.45, 7) is 10.9. The molecule has 0 bridgehead atoms. The number of rotatable bonds is 3. The van der Waals surface area contributed by atoms with Gasteiger partial charge in [-0.25, -0.2) is 0 Å². The lowest BCUT2D eigenvalue weighted by Gasteiger charge is -2.09. The lowest BCUT2D eigenvalue weighted by molar-refractivity contribution is 0.309. The van der Waals surface area contributed by atoms with E-state index in [9.17, 15) is 0 Å². The van der Waals surface area contributed by atoms with Crippen LogP contribution in [0.4, 0.5) is 0 Å². The third kappa shape index (κ3) is 6.05. The molecule has 2 nitrogen and oxygen atoms in total. The first-order chi connectivity index (χ1) is 6.09. The van der Waals surface area contributed by atoms with Crippen LogP contribution in [0.15, 0.2) is 0 Å². The van der Waals surface area contributed by atoms with Crippen LogP contribution in [-0.4, -0.2) is 25.4 Å². The smallest absolute Gasteiger partial charge is 0.0835 e. The summed E-state index contributed by atoms with van der Waals surface area (Å²) in [7, 11) is 0. The molecule has 3 atom stereocenters. The summed E-state index contributed by atoms with van der Waals surface area (Å²) in [6, 6.07) is 0. The molecule has 0 aromatic rings. The van der Waals surface area contributed by atoms with Crippen LogP contribution in [0.1, 0.15) is 34.1 Å². The minimum atomic E-state index is 0.583. The molecule has 0 aromatic carbocycles. The molecule has 0 aliphatic carbocycles. The summed E-state index contributed by atoms with van der Waals surface area (Å²) < 4.78 is 9.88. The fourth-order valence-corrected chi connectivity index (χ4v) is 1.38. The second-order valence-electron chi connectivity index (χ2n) is 4.62. The molecule has 2 heterocycles. The molecule has 0 radical (unpaired) electrons. The van der Waals surface area contributed by atoms with Crippen LogP contribution in [0.2, 0.25) is 0 Å². The molecule has 0 spiro atoms. The van der Waals surface area contributed by atoms with Crippen molar-refractivity contribution in [3.05, 3.63) is 0 Å². The maximum atomic E-state index is 5.17. The van der Waals surface area contributed by atoms with Crippen LogP contribution >= 0.6 is 0 Å². The van der Waals surface area contributed by atoms with E-state index in [0.29, 0.717) is 12.2 Å². The van der Waals surface area contributed by atoms with E-state index < -0.39 is 0 Å². The van der Waals surface area contributed by atoms with Gasteiger partial charge in [-0.2, -0.15) is 0 Å². The van der Waals surface area contributed by atoms with E-state index in [1.165, 1.54) is 6.42 Å². The van der Waals surface area contributed by atoms with Crippen molar-refractivity contribution in [2.45, 2.75) is 46.3 Å². The summed E-state index contributed by atoms with van der Waals surface area (Å²) >= 11 is 0. The monoisotopic (exact) mass is 186 g/mol. The third-order valence-electron chi connectivity index (χ3n) is 2.34. The van der Waals surface area contributed by atoms with Gasteiger partial charge in [-0.1, -0.05) is 20.8 Å². The highest BCUT2D eigenvalue weighted by molar-refractivity contribution is 4.76. The van der Waals surface area contributed by atoms with Crippen LogP contribution in [0.25, 0.3) is 0 Å². The molecule has 13 heavy (non-hydrogen) atoms. The highest BCUT2D eigenvalue weighted by Gasteiger charge is 2.29. The molecule has 2 aliphatic rings. The van der Waals surface area contributed by atoms with Gasteiger partial charge in [0.25, 0.3) is 0 Å². The summed E-state index contributed by atoms with van der Waals surface area (Å²) in [5.41, 5.74) is 0. The Morgan fingerprint density at radius 3 is 1.85 bits per heavy atom. The van der Waals surface area contributed by atoms with Gasteiger partial charge in [0.15, 0.2) is 0 Å². The first kappa shape index (κ1) is 11.0. The van der Waals surface area contributed by atoms with E-state index >= 15 is 0 Å². The van der Waals surface area contributed by atoms with Gasteiger partial charge in [0.1, 0.15) is 0 Å². The average Bonchev–Trinajstić information content (AvgIpc) is 2.78. The molecule has 3 unspecified atom stereocenters. The molecule has 2 saturated heterocycles. The van der Waals surface area contributed by atoms with E-state index in [2.05, 4.69) is 27.7 Å². The van der Waals surface area contributed by atoms with Gasteiger partial charge < -0.3 is 9.47 Å². The predicted octanol–water partition coefficient (Wildman–Crippen LogP) is 2.47. The number of ether oxygens (including phenoxy) is 2.